The first-order valence-electron chi connectivity index (χ1n) is 10.4. The molecular formula is C20H29N7O4S. The number of nitrogens with zero attached hydrogens (tertiary/aromatic N) is 6. The molecule has 0 aromatic carbocycles. The number of nitrogens with one attached hydrogen (secondary N) is 1. The van der Waals surface area contributed by atoms with E-state index in [9.17, 15) is 14.4 Å². The van der Waals surface area contributed by atoms with Crippen molar-refractivity contribution in [2.24, 2.45) is 0 Å². The summed E-state index contributed by atoms with van der Waals surface area (Å²) in [6.07, 6.45) is 1.21. The van der Waals surface area contributed by atoms with E-state index in [2.05, 4.69) is 46.7 Å². The summed E-state index contributed by atoms with van der Waals surface area (Å²) in [7, 11) is 0. The second kappa shape index (κ2) is 10.2. The molecule has 174 valence electrons. The summed E-state index contributed by atoms with van der Waals surface area (Å²) < 4.78 is 1.17. The van der Waals surface area contributed by atoms with Gasteiger partial charge in [0, 0.05) is 43.5 Å². The molecule has 12 heteroatoms. The molecule has 3 rings (SSSR count). The first-order chi connectivity index (χ1) is 15.1. The topological polar surface area (TPSA) is 134 Å². The molecule has 0 saturated carbocycles. The normalized spacial score (nSPS) is 15.0. The maximum Gasteiger partial charge on any atom is 0.325 e. The molecule has 1 aliphatic rings. The van der Waals surface area contributed by atoms with Crippen molar-refractivity contribution in [2.75, 3.05) is 26.2 Å². The molecule has 2 N–H and O–H groups in total. The number of carbonyl (C=O) groups is 3. The highest BCUT2D eigenvalue weighted by atomic mass is 32.1. The van der Waals surface area contributed by atoms with E-state index < -0.39 is 11.9 Å². The van der Waals surface area contributed by atoms with Crippen LogP contribution in [0, 0.1) is 0 Å². The molecule has 1 saturated heterocycles. The fourth-order valence-corrected chi connectivity index (χ4v) is 4.14. The van der Waals surface area contributed by atoms with Crippen molar-refractivity contribution < 1.29 is 19.5 Å². The number of carboxylic acids is 1. The molecule has 3 heterocycles. The Bertz CT molecular complexity index is 957. The number of amides is 2. The predicted octanol–water partition coefficient (Wildman–Crippen LogP) is 0.467. The lowest BCUT2D eigenvalue weighted by Gasteiger charge is -2.34. The third-order valence-corrected chi connectivity index (χ3v) is 6.28. The van der Waals surface area contributed by atoms with Crippen LogP contribution in [0.15, 0.2) is 11.6 Å². The number of piperazine rings is 1. The quantitative estimate of drug-likeness (QED) is 0.540. The first-order valence-corrected chi connectivity index (χ1v) is 11.3. The van der Waals surface area contributed by atoms with Crippen molar-refractivity contribution in [3.05, 3.63) is 28.0 Å². The molecule has 0 aliphatic carbocycles. The summed E-state index contributed by atoms with van der Waals surface area (Å²) >= 11 is 1.68. The summed E-state index contributed by atoms with van der Waals surface area (Å²) in [5, 5.41) is 22.0. The van der Waals surface area contributed by atoms with Gasteiger partial charge in [-0.1, -0.05) is 26.0 Å². The molecule has 0 radical (unpaired) electrons. The fraction of sp³-hybridized carbons (Fsp3) is 0.600. The number of carboxylic acid groups (broad SMARTS) is 1. The second-order valence-electron chi connectivity index (χ2n) is 8.81. The van der Waals surface area contributed by atoms with Gasteiger partial charge in [-0.2, -0.15) is 0 Å². The van der Waals surface area contributed by atoms with Crippen LogP contribution in [0.4, 0.5) is 0 Å². The van der Waals surface area contributed by atoms with Crippen LogP contribution in [0.25, 0.3) is 0 Å². The average molecular weight is 464 g/mol. The smallest absolute Gasteiger partial charge is 0.325 e. The van der Waals surface area contributed by atoms with E-state index in [-0.39, 0.29) is 30.8 Å². The lowest BCUT2D eigenvalue weighted by Crippen LogP contribution is -2.49. The van der Waals surface area contributed by atoms with Gasteiger partial charge in [-0.05, 0) is 0 Å². The van der Waals surface area contributed by atoms with Crippen LogP contribution in [0.1, 0.15) is 43.6 Å². The number of aliphatic carboxylic acids is 1. The SMILES string of the molecule is CC(C)(C)c1nc(CN2CCN(C(=O)CC(=O)NCc3cn(CC(=O)O)nn3)CC2)cs1. The summed E-state index contributed by atoms with van der Waals surface area (Å²) in [5.74, 6) is -1.64. The van der Waals surface area contributed by atoms with Gasteiger partial charge in [-0.3, -0.25) is 19.3 Å². The highest BCUT2D eigenvalue weighted by Crippen LogP contribution is 2.26. The van der Waals surface area contributed by atoms with Gasteiger partial charge in [0.05, 0.1) is 23.4 Å². The van der Waals surface area contributed by atoms with E-state index in [0.29, 0.717) is 18.8 Å². The zero-order valence-electron chi connectivity index (χ0n) is 18.6. The van der Waals surface area contributed by atoms with Crippen LogP contribution >= 0.6 is 11.3 Å². The first kappa shape index (κ1) is 23.8. The summed E-state index contributed by atoms with van der Waals surface area (Å²) in [5.41, 5.74) is 1.53. The van der Waals surface area contributed by atoms with Crippen LogP contribution in [-0.2, 0) is 39.4 Å². The van der Waals surface area contributed by atoms with Crippen LogP contribution in [0.5, 0.6) is 0 Å². The molecule has 2 aromatic rings. The largest absolute Gasteiger partial charge is 0.480 e. The van der Waals surface area contributed by atoms with Crippen molar-refractivity contribution in [3.63, 3.8) is 0 Å². The van der Waals surface area contributed by atoms with E-state index in [1.807, 2.05) is 0 Å². The van der Waals surface area contributed by atoms with Crippen LogP contribution in [-0.4, -0.2) is 78.8 Å². The zero-order chi connectivity index (χ0) is 23.3. The molecule has 32 heavy (non-hydrogen) atoms. The standard InChI is InChI=1S/C20H29N7O4S/c1-20(2,3)19-22-15(13-32-19)10-25-4-6-26(7-5-25)17(29)8-16(28)21-9-14-11-27(24-23-14)12-18(30)31/h11,13H,4-10,12H2,1-3H3,(H,21,28)(H,30,31). The Morgan fingerprint density at radius 2 is 1.88 bits per heavy atom. The minimum Gasteiger partial charge on any atom is -0.480 e. The number of hydrogen-bond acceptors (Lipinski definition) is 8. The average Bonchev–Trinajstić information content (AvgIpc) is 3.36. The van der Waals surface area contributed by atoms with Gasteiger partial charge in [0.15, 0.2) is 0 Å². The minimum atomic E-state index is -1.03. The fourth-order valence-electron chi connectivity index (χ4n) is 3.24. The van der Waals surface area contributed by atoms with Crippen molar-refractivity contribution >= 4 is 29.1 Å². The van der Waals surface area contributed by atoms with Gasteiger partial charge >= 0.3 is 5.97 Å². The predicted molar refractivity (Wildman–Crippen MR) is 117 cm³/mol. The van der Waals surface area contributed by atoms with E-state index in [1.54, 1.807) is 16.2 Å². The Balaban J connectivity index is 1.38. The highest BCUT2D eigenvalue weighted by Gasteiger charge is 2.24. The van der Waals surface area contributed by atoms with Crippen LogP contribution < -0.4 is 5.32 Å². The molecule has 1 fully saturated rings. The van der Waals surface area contributed by atoms with E-state index in [4.69, 9.17) is 10.1 Å². The number of hydrogen-bond donors (Lipinski definition) is 2. The van der Waals surface area contributed by atoms with E-state index in [0.717, 1.165) is 30.3 Å². The number of rotatable bonds is 8. The molecule has 2 aromatic heterocycles. The Morgan fingerprint density at radius 1 is 1.16 bits per heavy atom. The minimum absolute atomic E-state index is 0.0453. The molecule has 0 atom stereocenters. The Labute approximate surface area is 190 Å². The van der Waals surface area contributed by atoms with Gasteiger partial charge < -0.3 is 15.3 Å². The van der Waals surface area contributed by atoms with Crippen molar-refractivity contribution in [3.8, 4) is 0 Å². The van der Waals surface area contributed by atoms with Crippen LogP contribution in [0.3, 0.4) is 0 Å². The maximum atomic E-state index is 12.5. The Morgan fingerprint density at radius 3 is 2.50 bits per heavy atom. The lowest BCUT2D eigenvalue weighted by molar-refractivity contribution is -0.139. The molecular weight excluding hydrogens is 434 g/mol. The molecule has 2 amide bonds. The van der Waals surface area contributed by atoms with Gasteiger partial charge in [0.1, 0.15) is 18.7 Å². The van der Waals surface area contributed by atoms with Crippen molar-refractivity contribution in [2.45, 2.75) is 52.2 Å². The zero-order valence-corrected chi connectivity index (χ0v) is 19.4. The molecule has 1 aliphatic heterocycles. The maximum absolute atomic E-state index is 12.5. The second-order valence-corrected chi connectivity index (χ2v) is 9.66. The van der Waals surface area contributed by atoms with Gasteiger partial charge in [-0.25, -0.2) is 9.67 Å². The number of carbonyl (C=O) groups excluding carboxylic acids is 2. The summed E-state index contributed by atoms with van der Waals surface area (Å²) in [6.45, 7) is 9.63. The third-order valence-electron chi connectivity index (χ3n) is 4.97. The van der Waals surface area contributed by atoms with Crippen molar-refractivity contribution in [1.82, 2.24) is 35.1 Å². The van der Waals surface area contributed by atoms with Crippen LogP contribution in [0.2, 0.25) is 0 Å². The molecule has 0 bridgehead atoms. The third kappa shape index (κ3) is 6.82. The molecule has 0 unspecified atom stereocenters. The van der Waals surface area contributed by atoms with Gasteiger partial charge in [0.2, 0.25) is 11.8 Å². The van der Waals surface area contributed by atoms with Gasteiger partial charge in [-0.15, -0.1) is 16.4 Å². The number of thiazole rings is 1. The highest BCUT2D eigenvalue weighted by molar-refractivity contribution is 7.09. The molecule has 0 spiro atoms. The number of aromatic nitrogens is 4. The van der Waals surface area contributed by atoms with E-state index in [1.165, 1.54) is 10.9 Å². The lowest BCUT2D eigenvalue weighted by atomic mass is 9.98. The summed E-state index contributed by atoms with van der Waals surface area (Å²) in [6, 6.07) is 0. The monoisotopic (exact) mass is 463 g/mol. The Hall–Kier alpha value is -2.86. The summed E-state index contributed by atoms with van der Waals surface area (Å²) in [4.78, 5) is 44.0. The van der Waals surface area contributed by atoms with E-state index >= 15 is 0 Å². The van der Waals surface area contributed by atoms with Gasteiger partial charge in [0.25, 0.3) is 0 Å². The van der Waals surface area contributed by atoms with Crippen molar-refractivity contribution in [1.29, 1.82) is 0 Å². The molecule has 11 nitrogen and oxygen atoms in total. The Kier molecular flexibility index (Phi) is 7.56.